The van der Waals surface area contributed by atoms with Gasteiger partial charge in [-0.15, -0.1) is 0 Å². The van der Waals surface area contributed by atoms with E-state index in [2.05, 4.69) is 20.8 Å². The molecule has 0 aliphatic carbocycles. The zero-order valence-electron chi connectivity index (χ0n) is 9.91. The van der Waals surface area contributed by atoms with Crippen LogP contribution in [-0.2, 0) is 5.41 Å². The van der Waals surface area contributed by atoms with Crippen LogP contribution in [0.3, 0.4) is 0 Å². The van der Waals surface area contributed by atoms with Crippen molar-refractivity contribution in [1.29, 1.82) is 0 Å². The summed E-state index contributed by atoms with van der Waals surface area (Å²) in [4.78, 5) is 0. The third-order valence-corrected chi connectivity index (χ3v) is 2.82. The lowest BCUT2D eigenvalue weighted by Gasteiger charge is -2.23. The van der Waals surface area contributed by atoms with Crippen molar-refractivity contribution in [3.05, 3.63) is 35.9 Å². The van der Waals surface area contributed by atoms with Crippen molar-refractivity contribution >= 4 is 16.5 Å². The number of phenolic OH excluding ortho intramolecular Hbond substituents is 1. The van der Waals surface area contributed by atoms with Crippen molar-refractivity contribution in [2.75, 3.05) is 5.73 Å². The monoisotopic (exact) mass is 215 g/mol. The lowest BCUT2D eigenvalue weighted by molar-refractivity contribution is 0.481. The van der Waals surface area contributed by atoms with Gasteiger partial charge in [0.1, 0.15) is 5.75 Å². The molecule has 0 atom stereocenters. The van der Waals surface area contributed by atoms with E-state index >= 15 is 0 Å². The maximum Gasteiger partial charge on any atom is 0.123 e. The SMILES string of the molecule is CC(C)(C)c1c(N)ccc2c(O)cccc12. The first-order valence-electron chi connectivity index (χ1n) is 5.42. The number of hydrogen-bond acceptors (Lipinski definition) is 2. The largest absolute Gasteiger partial charge is 0.507 e. The van der Waals surface area contributed by atoms with Crippen LogP contribution in [0.5, 0.6) is 5.75 Å². The number of nitrogen functional groups attached to an aromatic ring is 1. The molecule has 2 aromatic carbocycles. The lowest BCUT2D eigenvalue weighted by Crippen LogP contribution is -2.14. The molecule has 2 rings (SSSR count). The highest BCUT2D eigenvalue weighted by Crippen LogP contribution is 2.37. The molecule has 0 bridgehead atoms. The third-order valence-electron chi connectivity index (χ3n) is 2.82. The zero-order chi connectivity index (χ0) is 11.9. The molecule has 3 N–H and O–H groups in total. The molecule has 84 valence electrons. The summed E-state index contributed by atoms with van der Waals surface area (Å²) >= 11 is 0. The smallest absolute Gasteiger partial charge is 0.123 e. The number of aromatic hydroxyl groups is 1. The van der Waals surface area contributed by atoms with E-state index in [1.807, 2.05) is 24.3 Å². The molecule has 0 radical (unpaired) electrons. The Morgan fingerprint density at radius 1 is 1.00 bits per heavy atom. The van der Waals surface area contributed by atoms with Crippen LogP contribution in [0.1, 0.15) is 26.3 Å². The van der Waals surface area contributed by atoms with E-state index in [4.69, 9.17) is 5.73 Å². The van der Waals surface area contributed by atoms with E-state index in [-0.39, 0.29) is 5.41 Å². The van der Waals surface area contributed by atoms with E-state index < -0.39 is 0 Å². The summed E-state index contributed by atoms with van der Waals surface area (Å²) in [6, 6.07) is 9.29. The molecule has 0 saturated heterocycles. The Hall–Kier alpha value is -1.70. The summed E-state index contributed by atoms with van der Waals surface area (Å²) in [7, 11) is 0. The summed E-state index contributed by atoms with van der Waals surface area (Å²) in [6.45, 7) is 6.38. The second-order valence-corrected chi connectivity index (χ2v) is 5.15. The first-order valence-corrected chi connectivity index (χ1v) is 5.42. The fourth-order valence-electron chi connectivity index (χ4n) is 2.20. The standard InChI is InChI=1S/C14H17NO/c1-14(2,3)13-10-5-4-6-12(16)9(10)7-8-11(13)15/h4-8,16H,15H2,1-3H3. The van der Waals surface area contributed by atoms with Crippen LogP contribution in [0.2, 0.25) is 0 Å². The van der Waals surface area contributed by atoms with Gasteiger partial charge >= 0.3 is 0 Å². The van der Waals surface area contributed by atoms with Gasteiger partial charge in [0.05, 0.1) is 0 Å². The van der Waals surface area contributed by atoms with Crippen molar-refractivity contribution < 1.29 is 5.11 Å². The van der Waals surface area contributed by atoms with Crippen molar-refractivity contribution in [2.45, 2.75) is 26.2 Å². The van der Waals surface area contributed by atoms with Crippen molar-refractivity contribution in [2.24, 2.45) is 0 Å². The average Bonchev–Trinajstić information content (AvgIpc) is 2.15. The lowest BCUT2D eigenvalue weighted by atomic mass is 9.82. The van der Waals surface area contributed by atoms with Gasteiger partial charge < -0.3 is 10.8 Å². The van der Waals surface area contributed by atoms with Crippen LogP contribution >= 0.6 is 0 Å². The Morgan fingerprint density at radius 2 is 1.69 bits per heavy atom. The molecule has 0 saturated carbocycles. The third kappa shape index (κ3) is 1.60. The first kappa shape index (κ1) is 10.8. The van der Waals surface area contributed by atoms with Gasteiger partial charge in [-0.25, -0.2) is 0 Å². The summed E-state index contributed by atoms with van der Waals surface area (Å²) in [5.41, 5.74) is 7.89. The second-order valence-electron chi connectivity index (χ2n) is 5.15. The number of phenols is 1. The Labute approximate surface area is 95.7 Å². The quantitative estimate of drug-likeness (QED) is 0.661. The Morgan fingerprint density at radius 3 is 2.31 bits per heavy atom. The van der Waals surface area contributed by atoms with Gasteiger partial charge in [-0.2, -0.15) is 0 Å². The molecule has 0 aromatic heterocycles. The van der Waals surface area contributed by atoms with E-state index in [0.29, 0.717) is 5.75 Å². The average molecular weight is 215 g/mol. The highest BCUT2D eigenvalue weighted by molar-refractivity contribution is 5.94. The molecule has 0 fully saturated rings. The summed E-state index contributed by atoms with van der Waals surface area (Å²) < 4.78 is 0. The fraction of sp³-hybridized carbons (Fsp3) is 0.286. The number of rotatable bonds is 0. The second kappa shape index (κ2) is 3.41. The van der Waals surface area contributed by atoms with Crippen LogP contribution < -0.4 is 5.73 Å². The number of fused-ring (bicyclic) bond motifs is 1. The van der Waals surface area contributed by atoms with E-state index in [1.165, 1.54) is 0 Å². The number of benzene rings is 2. The van der Waals surface area contributed by atoms with Crippen molar-refractivity contribution in [3.63, 3.8) is 0 Å². The first-order chi connectivity index (χ1) is 7.41. The summed E-state index contributed by atoms with van der Waals surface area (Å²) in [5, 5.41) is 11.7. The van der Waals surface area contributed by atoms with Gasteiger partial charge in [0.2, 0.25) is 0 Å². The fourth-order valence-corrected chi connectivity index (χ4v) is 2.20. The number of hydrogen-bond donors (Lipinski definition) is 2. The minimum absolute atomic E-state index is 0.0304. The molecule has 2 aromatic rings. The summed E-state index contributed by atoms with van der Waals surface area (Å²) in [6.07, 6.45) is 0. The van der Waals surface area contributed by atoms with Gasteiger partial charge in [0, 0.05) is 11.1 Å². The molecular formula is C14H17NO. The van der Waals surface area contributed by atoms with Gasteiger partial charge in [-0.05, 0) is 34.6 Å². The maximum absolute atomic E-state index is 9.81. The molecule has 0 unspecified atom stereocenters. The van der Waals surface area contributed by atoms with Crippen molar-refractivity contribution in [1.82, 2.24) is 0 Å². The Kier molecular flexibility index (Phi) is 2.30. The van der Waals surface area contributed by atoms with E-state index in [1.54, 1.807) is 6.07 Å². The van der Waals surface area contributed by atoms with Gasteiger partial charge in [-0.3, -0.25) is 0 Å². The summed E-state index contributed by atoms with van der Waals surface area (Å²) in [5.74, 6) is 0.308. The highest BCUT2D eigenvalue weighted by atomic mass is 16.3. The molecule has 2 heteroatoms. The maximum atomic E-state index is 9.81. The zero-order valence-corrected chi connectivity index (χ0v) is 9.91. The minimum atomic E-state index is -0.0304. The molecule has 2 nitrogen and oxygen atoms in total. The molecule has 0 aliphatic rings. The predicted molar refractivity (Wildman–Crippen MR) is 68.7 cm³/mol. The molecule has 0 heterocycles. The topological polar surface area (TPSA) is 46.2 Å². The van der Waals surface area contributed by atoms with Crippen LogP contribution in [0.4, 0.5) is 5.69 Å². The van der Waals surface area contributed by atoms with Crippen LogP contribution in [0, 0.1) is 0 Å². The Bertz CT molecular complexity index is 538. The highest BCUT2D eigenvalue weighted by Gasteiger charge is 2.20. The van der Waals surface area contributed by atoms with Gasteiger partial charge in [-0.1, -0.05) is 32.9 Å². The van der Waals surface area contributed by atoms with Gasteiger partial charge in [0.25, 0.3) is 0 Å². The van der Waals surface area contributed by atoms with Crippen LogP contribution in [0.15, 0.2) is 30.3 Å². The molecule has 0 aliphatic heterocycles. The van der Waals surface area contributed by atoms with Crippen LogP contribution in [0.25, 0.3) is 10.8 Å². The number of anilines is 1. The molecule has 0 amide bonds. The van der Waals surface area contributed by atoms with Crippen LogP contribution in [-0.4, -0.2) is 5.11 Å². The minimum Gasteiger partial charge on any atom is -0.507 e. The van der Waals surface area contributed by atoms with E-state index in [9.17, 15) is 5.11 Å². The number of nitrogens with two attached hydrogens (primary N) is 1. The van der Waals surface area contributed by atoms with E-state index in [0.717, 1.165) is 22.0 Å². The molecular weight excluding hydrogens is 198 g/mol. The predicted octanol–water partition coefficient (Wildman–Crippen LogP) is 3.43. The van der Waals surface area contributed by atoms with Crippen molar-refractivity contribution in [3.8, 4) is 5.75 Å². The normalized spacial score (nSPS) is 11.9. The Balaban J connectivity index is 2.91. The van der Waals surface area contributed by atoms with Gasteiger partial charge in [0.15, 0.2) is 0 Å². The molecule has 0 spiro atoms. The molecule has 16 heavy (non-hydrogen) atoms.